The molecule has 0 aliphatic heterocycles. The molecule has 0 spiro atoms. The van der Waals surface area contributed by atoms with Gasteiger partial charge < -0.3 is 0 Å². The molecular formula is C52H52TiZr. The zero-order chi connectivity index (χ0) is 36.7. The Morgan fingerprint density at radius 2 is 0.667 bits per heavy atom. The van der Waals surface area contributed by atoms with Crippen molar-refractivity contribution in [3.05, 3.63) is 259 Å². The summed E-state index contributed by atoms with van der Waals surface area (Å²) in [6.45, 7) is 0. The van der Waals surface area contributed by atoms with Gasteiger partial charge in [0.15, 0.2) is 0 Å². The predicted octanol–water partition coefficient (Wildman–Crippen LogP) is 13.2. The topological polar surface area (TPSA) is 0 Å². The molecule has 0 unspecified atom stereocenters. The third-order valence-electron chi connectivity index (χ3n) is 11.2. The Bertz CT molecular complexity index is 1770. The van der Waals surface area contributed by atoms with Crippen molar-refractivity contribution >= 4 is 0 Å². The number of allylic oxidation sites excluding steroid dienone is 8. The van der Waals surface area contributed by atoms with Crippen molar-refractivity contribution in [2.75, 3.05) is 0 Å². The van der Waals surface area contributed by atoms with Gasteiger partial charge in [-0.15, -0.1) is 0 Å². The van der Waals surface area contributed by atoms with Crippen LogP contribution in [0, 0.1) is 0 Å². The Labute approximate surface area is 332 Å². The van der Waals surface area contributed by atoms with E-state index in [1.54, 1.807) is 7.16 Å². The standard InChI is InChI=1S/6C7H7.2C5H5.Ti.Zr/c6*1-7-5-3-2-4-6-7;2*1-2-4-5-3-1;;/h6*2-6H,1H2;2*1-3H,4H2;;. The molecule has 54 heavy (non-hydrogen) atoms. The van der Waals surface area contributed by atoms with Gasteiger partial charge >= 0.3 is 335 Å². The zero-order valence-electron chi connectivity index (χ0n) is 31.4. The quantitative estimate of drug-likeness (QED) is 0.0961. The molecule has 0 nitrogen and oxygen atoms in total. The first-order valence-corrected chi connectivity index (χ1v) is 30.2. The van der Waals surface area contributed by atoms with Crippen LogP contribution in [0.2, 0.25) is 0 Å². The van der Waals surface area contributed by atoms with Crippen LogP contribution in [0.1, 0.15) is 46.2 Å². The molecule has 0 aromatic heterocycles. The SMILES string of the molecule is C1=CC[C]([Ti]([CH2]c2ccccc2)([CH2]c2ccccc2)[CH2]c2ccccc2)=C1.C1=CC[C]([Zr]([CH2]c2ccccc2)([CH2]c2ccccc2)[CH2]c2ccccc2)=C1. The first-order chi connectivity index (χ1) is 26.7. The van der Waals surface area contributed by atoms with E-state index in [1.165, 1.54) is 59.9 Å². The van der Waals surface area contributed by atoms with Crippen molar-refractivity contribution in [3.8, 4) is 0 Å². The van der Waals surface area contributed by atoms with E-state index in [2.05, 4.69) is 218 Å². The fourth-order valence-corrected chi connectivity index (χ4v) is 29.2. The van der Waals surface area contributed by atoms with Crippen LogP contribution in [-0.2, 0) is 63.4 Å². The molecule has 0 N–H and O–H groups in total. The minimum atomic E-state index is -2.75. The van der Waals surface area contributed by atoms with Crippen molar-refractivity contribution in [3.63, 3.8) is 0 Å². The average Bonchev–Trinajstić information content (AvgIpc) is 3.98. The van der Waals surface area contributed by atoms with Gasteiger partial charge in [-0.2, -0.15) is 0 Å². The van der Waals surface area contributed by atoms with Crippen LogP contribution in [0.3, 0.4) is 0 Å². The Morgan fingerprint density at radius 3 is 0.963 bits per heavy atom. The summed E-state index contributed by atoms with van der Waals surface area (Å²) >= 11 is -5.19. The van der Waals surface area contributed by atoms with E-state index < -0.39 is 36.9 Å². The summed E-state index contributed by atoms with van der Waals surface area (Å²) in [6, 6.07) is 66.9. The van der Waals surface area contributed by atoms with Crippen molar-refractivity contribution in [2.24, 2.45) is 0 Å². The molecule has 0 fully saturated rings. The Morgan fingerprint density at radius 1 is 0.352 bits per heavy atom. The summed E-state index contributed by atoms with van der Waals surface area (Å²) < 4.78 is 11.1. The van der Waals surface area contributed by atoms with E-state index >= 15 is 0 Å². The molecule has 0 saturated heterocycles. The summed E-state index contributed by atoms with van der Waals surface area (Å²) in [7, 11) is 0. The molecule has 0 atom stereocenters. The first-order valence-electron chi connectivity index (χ1n) is 19.6. The zero-order valence-corrected chi connectivity index (χ0v) is 35.5. The summed E-state index contributed by atoms with van der Waals surface area (Å²) in [6.07, 6.45) is 16.4. The molecule has 0 heterocycles. The van der Waals surface area contributed by atoms with Crippen LogP contribution >= 0.6 is 0 Å². The van der Waals surface area contributed by atoms with Gasteiger partial charge in [-0.1, -0.05) is 0 Å². The summed E-state index contributed by atoms with van der Waals surface area (Å²) in [4.78, 5) is 0. The van der Waals surface area contributed by atoms with Gasteiger partial charge in [0, 0.05) is 0 Å². The molecule has 2 heteroatoms. The van der Waals surface area contributed by atoms with Crippen LogP contribution in [0.25, 0.3) is 0 Å². The van der Waals surface area contributed by atoms with Gasteiger partial charge in [0.25, 0.3) is 0 Å². The maximum atomic E-state index is 2.45. The van der Waals surface area contributed by atoms with Crippen molar-refractivity contribution in [1.82, 2.24) is 0 Å². The monoisotopic (exact) mass is 814 g/mol. The molecular weight excluding hydrogens is 764 g/mol. The van der Waals surface area contributed by atoms with Crippen molar-refractivity contribution in [1.29, 1.82) is 0 Å². The second kappa shape index (κ2) is 19.5. The van der Waals surface area contributed by atoms with Gasteiger partial charge in [0.05, 0.1) is 0 Å². The fraction of sp³-hybridized carbons (Fsp3) is 0.154. The molecule has 8 rings (SSSR count). The van der Waals surface area contributed by atoms with E-state index in [0.717, 1.165) is 12.8 Å². The molecule has 0 saturated carbocycles. The number of hydrogen-bond donors (Lipinski definition) is 0. The van der Waals surface area contributed by atoms with E-state index in [0.29, 0.717) is 0 Å². The summed E-state index contributed by atoms with van der Waals surface area (Å²) in [5.41, 5.74) is 9.01. The van der Waals surface area contributed by atoms with E-state index in [4.69, 9.17) is 0 Å². The normalized spacial score (nSPS) is 13.6. The van der Waals surface area contributed by atoms with Crippen molar-refractivity contribution in [2.45, 2.75) is 39.4 Å². The van der Waals surface area contributed by atoms with Crippen LogP contribution < -0.4 is 0 Å². The Balaban J connectivity index is 0.000000167. The van der Waals surface area contributed by atoms with E-state index in [9.17, 15) is 0 Å². The molecule has 268 valence electrons. The van der Waals surface area contributed by atoms with Gasteiger partial charge in [0.1, 0.15) is 0 Å². The molecule has 0 radical (unpaired) electrons. The van der Waals surface area contributed by atoms with Gasteiger partial charge in [-0.05, 0) is 0 Å². The fourth-order valence-electron chi connectivity index (χ4n) is 8.66. The minimum absolute atomic E-state index is 1.15. The molecule has 2 aliphatic rings. The van der Waals surface area contributed by atoms with E-state index in [-0.39, 0.29) is 0 Å². The summed E-state index contributed by atoms with van der Waals surface area (Å²) in [5, 5.41) is 0. The second-order valence-corrected chi connectivity index (χ2v) is 32.3. The molecule has 6 aromatic carbocycles. The molecule has 0 amide bonds. The van der Waals surface area contributed by atoms with Crippen LogP contribution in [0.5, 0.6) is 0 Å². The van der Waals surface area contributed by atoms with Crippen LogP contribution in [0.4, 0.5) is 0 Å². The maximum absolute atomic E-state index is 2.75. The van der Waals surface area contributed by atoms with Crippen LogP contribution in [-0.4, -0.2) is 0 Å². The number of benzene rings is 6. The first kappa shape index (κ1) is 38.2. The van der Waals surface area contributed by atoms with Crippen LogP contribution in [0.15, 0.2) is 226 Å². The Kier molecular flexibility index (Phi) is 13.8. The number of hydrogen-bond acceptors (Lipinski definition) is 0. The molecule has 0 bridgehead atoms. The number of rotatable bonds is 14. The van der Waals surface area contributed by atoms with Gasteiger partial charge in [-0.25, -0.2) is 0 Å². The summed E-state index contributed by atoms with van der Waals surface area (Å²) in [5.74, 6) is 0. The third-order valence-corrected chi connectivity index (χ3v) is 31.3. The van der Waals surface area contributed by atoms with E-state index in [1.807, 2.05) is 0 Å². The predicted molar refractivity (Wildman–Crippen MR) is 225 cm³/mol. The van der Waals surface area contributed by atoms with Gasteiger partial charge in [-0.3, -0.25) is 0 Å². The van der Waals surface area contributed by atoms with Crippen molar-refractivity contribution < 1.29 is 36.9 Å². The average molecular weight is 816 g/mol. The third kappa shape index (κ3) is 10.5. The second-order valence-electron chi connectivity index (χ2n) is 15.2. The van der Waals surface area contributed by atoms with Gasteiger partial charge in [0.2, 0.25) is 0 Å². The molecule has 6 aromatic rings. The molecule has 2 aliphatic carbocycles. The Hall–Kier alpha value is -4.12.